The van der Waals surface area contributed by atoms with Crippen LogP contribution in [0.1, 0.15) is 27.7 Å². The highest BCUT2D eigenvalue weighted by molar-refractivity contribution is 5.69. The third kappa shape index (κ3) is 29.3. The Morgan fingerprint density at radius 2 is 1.00 bits per heavy atom. The summed E-state index contributed by atoms with van der Waals surface area (Å²) in [7, 11) is 0. The number of hydrogen-bond acceptors (Lipinski definition) is 4. The van der Waals surface area contributed by atoms with Gasteiger partial charge in [0.25, 0.3) is 0 Å². The van der Waals surface area contributed by atoms with Gasteiger partial charge in [0, 0.05) is 0 Å². The van der Waals surface area contributed by atoms with E-state index in [-0.39, 0.29) is 25.0 Å². The molecule has 0 aliphatic rings. The molecule has 0 saturated carbocycles. The van der Waals surface area contributed by atoms with Crippen molar-refractivity contribution >= 4 is 11.9 Å². The maximum Gasteiger partial charge on any atom is 0.305 e. The molecule has 0 atom stereocenters. The highest BCUT2D eigenvalue weighted by atomic mass is 16.4. The lowest BCUT2D eigenvalue weighted by Crippen LogP contribution is -2.03. The Bertz CT molecular complexity index is 209. The molecule has 108 valence electrons. The molecule has 0 unspecified atom stereocenters. The third-order valence-corrected chi connectivity index (χ3v) is 1.37. The van der Waals surface area contributed by atoms with Crippen molar-refractivity contribution in [2.24, 2.45) is 11.8 Å². The number of rotatable bonds is 4. The van der Waals surface area contributed by atoms with Gasteiger partial charge in [-0.25, -0.2) is 0 Å². The zero-order valence-corrected chi connectivity index (χ0v) is 11.3. The predicted octanol–water partition coefficient (Wildman–Crippen LogP) is 0.981. The first-order valence-electron chi connectivity index (χ1n) is 5.52. The maximum atomic E-state index is 9.70. The fraction of sp³-hybridized carbons (Fsp3) is 0.667. The summed E-state index contributed by atoms with van der Waals surface area (Å²) >= 11 is 0. The number of hydrogen-bond donors (Lipinski definition) is 4. The van der Waals surface area contributed by atoms with E-state index in [0.29, 0.717) is 0 Å². The molecule has 0 radical (unpaired) electrons. The van der Waals surface area contributed by atoms with Crippen LogP contribution in [0.25, 0.3) is 0 Å². The molecule has 0 spiro atoms. The fourth-order valence-corrected chi connectivity index (χ4v) is 0.149. The van der Waals surface area contributed by atoms with E-state index in [2.05, 4.69) is 0 Å². The second kappa shape index (κ2) is 15.6. The number of aliphatic carboxylic acids is 2. The molecule has 0 aliphatic carbocycles. The Labute approximate surface area is 108 Å². The van der Waals surface area contributed by atoms with Crippen molar-refractivity contribution in [2.45, 2.75) is 27.7 Å². The molecule has 0 saturated heterocycles. The predicted molar refractivity (Wildman–Crippen MR) is 68.3 cm³/mol. The van der Waals surface area contributed by atoms with Gasteiger partial charge in [-0.3, -0.25) is 9.59 Å². The highest BCUT2D eigenvalue weighted by Crippen LogP contribution is 1.87. The van der Waals surface area contributed by atoms with Gasteiger partial charge in [-0.2, -0.15) is 0 Å². The Kier molecular flexibility index (Phi) is 18.9. The molecular formula is C12H24O6. The van der Waals surface area contributed by atoms with Crippen molar-refractivity contribution in [1.82, 2.24) is 0 Å². The number of aliphatic hydroxyl groups is 2. The van der Waals surface area contributed by atoms with Crippen LogP contribution in [-0.2, 0) is 9.59 Å². The molecule has 18 heavy (non-hydrogen) atoms. The summed E-state index contributed by atoms with van der Waals surface area (Å²) in [6.45, 7) is 6.59. The van der Waals surface area contributed by atoms with Crippen molar-refractivity contribution in [3.63, 3.8) is 0 Å². The topological polar surface area (TPSA) is 115 Å². The molecule has 0 aliphatic heterocycles. The molecule has 4 N–H and O–H groups in total. The van der Waals surface area contributed by atoms with Crippen LogP contribution in [0.15, 0.2) is 12.2 Å². The minimum absolute atomic E-state index is 0.0144. The van der Waals surface area contributed by atoms with Gasteiger partial charge in [0.2, 0.25) is 0 Å². The normalized spacial score (nSPS) is 9.56. The van der Waals surface area contributed by atoms with Crippen molar-refractivity contribution in [3.05, 3.63) is 12.2 Å². The number of carboxylic acids is 2. The number of carbonyl (C=O) groups is 2. The quantitative estimate of drug-likeness (QED) is 0.563. The molecule has 0 bridgehead atoms. The van der Waals surface area contributed by atoms with E-state index in [1.54, 1.807) is 27.7 Å². The SMILES string of the molecule is CC(C)C(=O)O.CC(C)C(=O)O.OCC=CCO. The molecule has 0 aromatic carbocycles. The molecule has 6 nitrogen and oxygen atoms in total. The molecular weight excluding hydrogens is 240 g/mol. The standard InChI is InChI=1S/3C4H8O2/c2*1-3(2)4(5)6;5-3-1-2-4-6/h2*3H,1-2H3,(H,5,6);1-2,5-6H,3-4H2. The van der Waals surface area contributed by atoms with Crippen LogP contribution >= 0.6 is 0 Å². The maximum absolute atomic E-state index is 9.70. The van der Waals surface area contributed by atoms with Gasteiger partial charge in [-0.05, 0) is 0 Å². The van der Waals surface area contributed by atoms with Crippen molar-refractivity contribution in [3.8, 4) is 0 Å². The van der Waals surface area contributed by atoms with Crippen LogP contribution < -0.4 is 0 Å². The van der Waals surface area contributed by atoms with Crippen molar-refractivity contribution in [2.75, 3.05) is 13.2 Å². The Morgan fingerprint density at radius 1 is 0.833 bits per heavy atom. The summed E-state index contributed by atoms with van der Waals surface area (Å²) in [6.07, 6.45) is 2.97. The first-order chi connectivity index (χ1) is 8.20. The summed E-state index contributed by atoms with van der Waals surface area (Å²) in [6, 6.07) is 0. The van der Waals surface area contributed by atoms with Gasteiger partial charge in [0.1, 0.15) is 0 Å². The Balaban J connectivity index is -0.000000187. The fourth-order valence-electron chi connectivity index (χ4n) is 0.149. The minimum atomic E-state index is -0.741. The smallest absolute Gasteiger partial charge is 0.305 e. The Morgan fingerprint density at radius 3 is 1.06 bits per heavy atom. The van der Waals surface area contributed by atoms with Crippen LogP contribution in [-0.4, -0.2) is 45.6 Å². The summed E-state index contributed by atoms with van der Waals surface area (Å²) < 4.78 is 0. The minimum Gasteiger partial charge on any atom is -0.481 e. The van der Waals surface area contributed by atoms with Gasteiger partial charge in [-0.1, -0.05) is 39.8 Å². The van der Waals surface area contributed by atoms with E-state index in [1.807, 2.05) is 0 Å². The van der Waals surface area contributed by atoms with E-state index >= 15 is 0 Å². The van der Waals surface area contributed by atoms with Crippen molar-refractivity contribution < 1.29 is 30.0 Å². The average molecular weight is 264 g/mol. The van der Waals surface area contributed by atoms with Crippen LogP contribution in [0.5, 0.6) is 0 Å². The lowest BCUT2D eigenvalue weighted by atomic mass is 10.2. The monoisotopic (exact) mass is 264 g/mol. The van der Waals surface area contributed by atoms with Crippen LogP contribution in [0.4, 0.5) is 0 Å². The summed E-state index contributed by atoms with van der Waals surface area (Å²) in [5.74, 6) is -1.94. The van der Waals surface area contributed by atoms with Gasteiger partial charge in [0.15, 0.2) is 0 Å². The molecule has 0 aromatic heterocycles. The van der Waals surface area contributed by atoms with Gasteiger partial charge in [-0.15, -0.1) is 0 Å². The summed E-state index contributed by atoms with van der Waals surface area (Å²) in [4.78, 5) is 19.4. The van der Waals surface area contributed by atoms with Gasteiger partial charge in [0.05, 0.1) is 25.0 Å². The molecule has 0 rings (SSSR count). The summed E-state index contributed by atoms with van der Waals surface area (Å²) in [5, 5.41) is 32.0. The van der Waals surface area contributed by atoms with Crippen LogP contribution in [0, 0.1) is 11.8 Å². The number of aliphatic hydroxyl groups excluding tert-OH is 2. The second-order valence-corrected chi connectivity index (χ2v) is 3.82. The average Bonchev–Trinajstić information content (AvgIpc) is 2.27. The zero-order chi connectivity index (χ0) is 15.1. The molecule has 0 fully saturated rings. The van der Waals surface area contributed by atoms with Gasteiger partial charge >= 0.3 is 11.9 Å². The summed E-state index contributed by atoms with van der Waals surface area (Å²) in [5.41, 5.74) is 0. The van der Waals surface area contributed by atoms with Gasteiger partial charge < -0.3 is 20.4 Å². The second-order valence-electron chi connectivity index (χ2n) is 3.82. The molecule has 0 amide bonds. The number of carboxylic acid groups (broad SMARTS) is 2. The molecule has 0 aromatic rings. The lowest BCUT2D eigenvalue weighted by molar-refractivity contribution is -0.141. The van der Waals surface area contributed by atoms with E-state index in [9.17, 15) is 9.59 Å². The van der Waals surface area contributed by atoms with Crippen molar-refractivity contribution in [1.29, 1.82) is 0 Å². The first-order valence-corrected chi connectivity index (χ1v) is 5.52. The molecule has 6 heteroatoms. The first kappa shape index (κ1) is 21.8. The third-order valence-electron chi connectivity index (χ3n) is 1.37. The highest BCUT2D eigenvalue weighted by Gasteiger charge is 1.99. The van der Waals surface area contributed by atoms with E-state index < -0.39 is 11.9 Å². The largest absolute Gasteiger partial charge is 0.481 e. The lowest BCUT2D eigenvalue weighted by Gasteiger charge is -1.89. The molecule has 0 heterocycles. The van der Waals surface area contributed by atoms with E-state index in [1.165, 1.54) is 12.2 Å². The van der Waals surface area contributed by atoms with E-state index in [0.717, 1.165) is 0 Å². The van der Waals surface area contributed by atoms with Crippen LogP contribution in [0.2, 0.25) is 0 Å². The van der Waals surface area contributed by atoms with Crippen LogP contribution in [0.3, 0.4) is 0 Å². The Hall–Kier alpha value is -1.40. The zero-order valence-electron chi connectivity index (χ0n) is 11.3. The van der Waals surface area contributed by atoms with E-state index in [4.69, 9.17) is 20.4 Å².